The summed E-state index contributed by atoms with van der Waals surface area (Å²) in [6, 6.07) is 18.5. The van der Waals surface area contributed by atoms with Gasteiger partial charge >= 0.3 is 0 Å². The van der Waals surface area contributed by atoms with Crippen LogP contribution in [0.2, 0.25) is 0 Å². The van der Waals surface area contributed by atoms with Gasteiger partial charge in [0.1, 0.15) is 0 Å². The van der Waals surface area contributed by atoms with Crippen molar-refractivity contribution in [1.82, 2.24) is 0 Å². The van der Waals surface area contributed by atoms with Crippen LogP contribution in [-0.2, 0) is 6.42 Å². The summed E-state index contributed by atoms with van der Waals surface area (Å²) in [6.07, 6.45) is 0.455. The van der Waals surface area contributed by atoms with E-state index >= 15 is 0 Å². The monoisotopic (exact) mass is 586 g/mol. The Balaban J connectivity index is 1.40. The van der Waals surface area contributed by atoms with Crippen LogP contribution in [0.4, 0.5) is 34.1 Å². The van der Waals surface area contributed by atoms with Crippen molar-refractivity contribution in [2.45, 2.75) is 6.42 Å². The van der Waals surface area contributed by atoms with E-state index in [9.17, 15) is 50.0 Å². The van der Waals surface area contributed by atoms with Crippen LogP contribution in [-0.4, -0.2) is 31.5 Å². The zero-order valence-electron chi connectivity index (χ0n) is 21.7. The third-order valence-electron chi connectivity index (χ3n) is 6.00. The maximum Gasteiger partial charge on any atom is 0.277 e. The van der Waals surface area contributed by atoms with Crippen molar-refractivity contribution in [3.05, 3.63) is 148 Å². The average molecular weight is 586 g/mol. The Morgan fingerprint density at radius 1 is 0.488 bits per heavy atom. The molecular formula is C27H18N6O10. The second-order valence-corrected chi connectivity index (χ2v) is 8.98. The first-order chi connectivity index (χ1) is 20.4. The van der Waals surface area contributed by atoms with Crippen LogP contribution >= 0.6 is 0 Å². The Morgan fingerprint density at radius 3 is 1.02 bits per heavy atom. The number of nitro groups is 4. The van der Waals surface area contributed by atoms with Gasteiger partial charge in [0.2, 0.25) is 0 Å². The summed E-state index contributed by atoms with van der Waals surface area (Å²) >= 11 is 0. The average Bonchev–Trinajstić information content (AvgIpc) is 2.98. The van der Waals surface area contributed by atoms with E-state index in [-0.39, 0.29) is 11.1 Å². The Morgan fingerprint density at radius 2 is 0.767 bits per heavy atom. The second kappa shape index (κ2) is 12.3. The number of nitrogens with one attached hydrogen (secondary N) is 2. The number of carbonyl (C=O) groups is 2. The Bertz CT molecular complexity index is 1590. The van der Waals surface area contributed by atoms with Gasteiger partial charge in [-0.3, -0.25) is 50.0 Å². The molecule has 0 aromatic heterocycles. The number of benzene rings is 4. The predicted octanol–water partition coefficient (Wildman–Crippen LogP) is 5.41. The molecule has 0 spiro atoms. The maximum atomic E-state index is 12.6. The van der Waals surface area contributed by atoms with Gasteiger partial charge in [-0.05, 0) is 41.8 Å². The molecule has 4 rings (SSSR count). The standard InChI is InChI=1S/C27H18N6O10/c34-26(18-10-22(30(36)37)14-23(11-18)31(38)39)28-20-5-1-16(2-6-20)9-17-3-7-21(8-4-17)29-27(35)19-12-24(32(40)41)15-25(13-19)33(42)43/h1-8,10-15H,9H2,(H,28,34)(H,29,35). The fourth-order valence-electron chi connectivity index (χ4n) is 3.93. The van der Waals surface area contributed by atoms with Crippen molar-refractivity contribution in [2.75, 3.05) is 10.6 Å². The van der Waals surface area contributed by atoms with Crippen LogP contribution in [0.25, 0.3) is 0 Å². The molecule has 0 atom stereocenters. The number of non-ortho nitro benzene ring substituents is 4. The van der Waals surface area contributed by atoms with Crippen LogP contribution in [0.15, 0.2) is 84.9 Å². The van der Waals surface area contributed by atoms with Crippen molar-refractivity contribution in [2.24, 2.45) is 0 Å². The van der Waals surface area contributed by atoms with E-state index in [0.717, 1.165) is 47.5 Å². The van der Waals surface area contributed by atoms with Crippen LogP contribution < -0.4 is 10.6 Å². The first kappa shape index (κ1) is 29.4. The van der Waals surface area contributed by atoms with E-state index in [0.29, 0.717) is 17.8 Å². The largest absolute Gasteiger partial charge is 0.322 e. The van der Waals surface area contributed by atoms with E-state index in [2.05, 4.69) is 10.6 Å². The third-order valence-corrected chi connectivity index (χ3v) is 6.00. The second-order valence-electron chi connectivity index (χ2n) is 8.98. The summed E-state index contributed by atoms with van der Waals surface area (Å²) in [7, 11) is 0. The van der Waals surface area contributed by atoms with Crippen LogP contribution in [0.1, 0.15) is 31.8 Å². The van der Waals surface area contributed by atoms with Gasteiger partial charge in [-0.15, -0.1) is 0 Å². The summed E-state index contributed by atoms with van der Waals surface area (Å²) in [6.45, 7) is 0. The Hall–Kier alpha value is -6.58. The molecule has 16 nitrogen and oxygen atoms in total. The van der Waals surface area contributed by atoms with Gasteiger partial charge in [0.15, 0.2) is 0 Å². The van der Waals surface area contributed by atoms with Crippen molar-refractivity contribution < 1.29 is 29.3 Å². The molecule has 0 saturated carbocycles. The van der Waals surface area contributed by atoms with Gasteiger partial charge in [-0.2, -0.15) is 0 Å². The van der Waals surface area contributed by atoms with Gasteiger partial charge in [0.05, 0.1) is 43.0 Å². The van der Waals surface area contributed by atoms with Crippen molar-refractivity contribution in [3.8, 4) is 0 Å². The van der Waals surface area contributed by atoms with E-state index < -0.39 is 54.3 Å². The molecule has 0 bridgehead atoms. The number of amides is 2. The summed E-state index contributed by atoms with van der Waals surface area (Å²) in [5.41, 5.74) is -0.482. The molecule has 2 amide bonds. The highest BCUT2D eigenvalue weighted by atomic mass is 16.6. The van der Waals surface area contributed by atoms with Gasteiger partial charge in [0, 0.05) is 35.6 Å². The van der Waals surface area contributed by atoms with E-state index in [1.54, 1.807) is 48.5 Å². The molecular weight excluding hydrogens is 568 g/mol. The van der Waals surface area contributed by atoms with E-state index in [4.69, 9.17) is 0 Å². The number of anilines is 2. The van der Waals surface area contributed by atoms with Gasteiger partial charge in [-0.1, -0.05) is 24.3 Å². The highest BCUT2D eigenvalue weighted by molar-refractivity contribution is 6.05. The lowest BCUT2D eigenvalue weighted by Gasteiger charge is -2.09. The number of nitrogens with zero attached hydrogens (tertiary/aromatic N) is 4. The summed E-state index contributed by atoms with van der Waals surface area (Å²) in [4.78, 5) is 66.2. The SMILES string of the molecule is O=C(Nc1ccc(Cc2ccc(NC(=O)c3cc([N+](=O)[O-])cc([N+](=O)[O-])c3)cc2)cc1)c1cc([N+](=O)[O-])cc([N+](=O)[O-])c1. The molecule has 43 heavy (non-hydrogen) atoms. The molecule has 0 heterocycles. The molecule has 4 aromatic rings. The van der Waals surface area contributed by atoms with Crippen molar-refractivity contribution in [3.63, 3.8) is 0 Å². The number of carbonyl (C=O) groups excluding carboxylic acids is 2. The minimum absolute atomic E-state index is 0.249. The fourth-order valence-corrected chi connectivity index (χ4v) is 3.93. The number of nitro benzene ring substituents is 4. The first-order valence-electron chi connectivity index (χ1n) is 12.1. The molecule has 0 aliphatic carbocycles. The van der Waals surface area contributed by atoms with Gasteiger partial charge in [0.25, 0.3) is 34.6 Å². The van der Waals surface area contributed by atoms with Crippen LogP contribution in [0, 0.1) is 40.5 Å². The smallest absolute Gasteiger partial charge is 0.277 e. The molecule has 4 aromatic carbocycles. The molecule has 2 N–H and O–H groups in total. The van der Waals surface area contributed by atoms with Gasteiger partial charge in [-0.25, -0.2) is 0 Å². The third kappa shape index (κ3) is 7.34. The number of hydrogen-bond donors (Lipinski definition) is 2. The Kier molecular flexibility index (Phi) is 8.41. The van der Waals surface area contributed by atoms with Crippen molar-refractivity contribution in [1.29, 1.82) is 0 Å². The maximum absolute atomic E-state index is 12.6. The van der Waals surface area contributed by atoms with Gasteiger partial charge < -0.3 is 10.6 Å². The topological polar surface area (TPSA) is 231 Å². The van der Waals surface area contributed by atoms with E-state index in [1.807, 2.05) is 0 Å². The first-order valence-corrected chi connectivity index (χ1v) is 12.1. The quantitative estimate of drug-likeness (QED) is 0.177. The molecule has 0 unspecified atom stereocenters. The normalized spacial score (nSPS) is 10.4. The molecule has 0 saturated heterocycles. The highest BCUT2D eigenvalue weighted by Gasteiger charge is 2.21. The summed E-state index contributed by atoms with van der Waals surface area (Å²) in [5, 5.41) is 49.4. The lowest BCUT2D eigenvalue weighted by atomic mass is 10.0. The molecule has 0 aliphatic rings. The highest BCUT2D eigenvalue weighted by Crippen LogP contribution is 2.25. The minimum Gasteiger partial charge on any atom is -0.322 e. The number of hydrogen-bond acceptors (Lipinski definition) is 10. The molecule has 216 valence electrons. The zero-order valence-corrected chi connectivity index (χ0v) is 21.7. The molecule has 0 fully saturated rings. The predicted molar refractivity (Wildman–Crippen MR) is 151 cm³/mol. The Labute approximate surface area is 240 Å². The summed E-state index contributed by atoms with van der Waals surface area (Å²) in [5.74, 6) is -1.53. The minimum atomic E-state index is -0.829. The van der Waals surface area contributed by atoms with Crippen molar-refractivity contribution >= 4 is 45.9 Å². The summed E-state index contributed by atoms with van der Waals surface area (Å²) < 4.78 is 0. The zero-order chi connectivity index (χ0) is 31.3. The molecule has 16 heteroatoms. The fraction of sp³-hybridized carbons (Fsp3) is 0.0370. The lowest BCUT2D eigenvalue weighted by molar-refractivity contribution is -0.394. The molecule has 0 radical (unpaired) electrons. The van der Waals surface area contributed by atoms with Crippen LogP contribution in [0.5, 0.6) is 0 Å². The van der Waals surface area contributed by atoms with Crippen LogP contribution in [0.3, 0.4) is 0 Å². The number of rotatable bonds is 10. The molecule has 0 aliphatic heterocycles. The lowest BCUT2D eigenvalue weighted by Crippen LogP contribution is -2.13. The van der Waals surface area contributed by atoms with E-state index in [1.165, 1.54) is 0 Å².